The molecule has 0 rings (SSSR count). The molecule has 0 spiro atoms. The Kier molecular flexibility index (Phi) is 13.9. The summed E-state index contributed by atoms with van der Waals surface area (Å²) >= 11 is 0. The topological polar surface area (TPSA) is 47.6 Å². The van der Waals surface area contributed by atoms with Crippen LogP contribution in [-0.4, -0.2) is 10.2 Å². The molecule has 3 heteroatoms. The summed E-state index contributed by atoms with van der Waals surface area (Å²) in [6.07, 6.45) is 2.71. The van der Waals surface area contributed by atoms with E-state index in [9.17, 15) is 0 Å². The largest absolute Gasteiger partial charge is 0.198 e. The molecule has 0 aromatic rings. The molecule has 0 amide bonds. The minimum atomic E-state index is 0.380. The summed E-state index contributed by atoms with van der Waals surface area (Å²) in [5, 5.41) is 15.9. The predicted molar refractivity (Wildman–Crippen MR) is 50.1 cm³/mol. The molecule has 0 aromatic carbocycles. The lowest BCUT2D eigenvalue weighted by Crippen LogP contribution is -1.80. The summed E-state index contributed by atoms with van der Waals surface area (Å²) in [6, 6.07) is 4.19. The summed E-state index contributed by atoms with van der Waals surface area (Å²) < 4.78 is 0. The lowest BCUT2D eigenvalue weighted by atomic mass is 10.4. The molecule has 0 saturated heterocycles. The van der Waals surface area contributed by atoms with Gasteiger partial charge in [0.25, 0.3) is 0 Å². The maximum Gasteiger partial charge on any atom is 0.0621 e. The van der Waals surface area contributed by atoms with Crippen LogP contribution < -0.4 is 0 Å². The second-order valence-electron chi connectivity index (χ2n) is 2.35. The van der Waals surface area contributed by atoms with Gasteiger partial charge in [0.1, 0.15) is 0 Å². The highest BCUT2D eigenvalue weighted by atomic mass is 28.1. The van der Waals surface area contributed by atoms with Crippen LogP contribution in [0.1, 0.15) is 33.1 Å². The third-order valence-corrected chi connectivity index (χ3v) is 2.27. The standard InChI is InChI=1S/C4H9NSi.C4H7N/c1-2-4(6)3-5;1-2-3-4-5/h4H,2H2,1,6H3;2-3H2,1H3. The fraction of sp³-hybridized carbons (Fsp3) is 0.750. The first-order valence-corrected chi connectivity index (χ1v) is 5.14. The van der Waals surface area contributed by atoms with Crippen molar-refractivity contribution in [2.75, 3.05) is 0 Å². The van der Waals surface area contributed by atoms with E-state index >= 15 is 0 Å². The average Bonchev–Trinajstić information content (AvgIpc) is 2.06. The van der Waals surface area contributed by atoms with Crippen LogP contribution in [0, 0.1) is 22.7 Å². The smallest absolute Gasteiger partial charge is 0.0621 e. The number of hydrogen-bond acceptors (Lipinski definition) is 2. The zero-order valence-corrected chi connectivity index (χ0v) is 9.59. The molecule has 2 nitrogen and oxygen atoms in total. The molecule has 0 heterocycles. The molecule has 11 heavy (non-hydrogen) atoms. The van der Waals surface area contributed by atoms with Gasteiger partial charge in [0, 0.05) is 22.2 Å². The summed E-state index contributed by atoms with van der Waals surface area (Å²) in [4.78, 5) is 0. The molecule has 0 aliphatic rings. The number of nitrogens with zero attached hydrogens (tertiary/aromatic N) is 2. The molecule has 1 unspecified atom stereocenters. The average molecular weight is 168 g/mol. The van der Waals surface area contributed by atoms with Crippen molar-refractivity contribution < 1.29 is 0 Å². The Bertz CT molecular complexity index is 143. The highest BCUT2D eigenvalue weighted by Crippen LogP contribution is 1.98. The van der Waals surface area contributed by atoms with Gasteiger partial charge in [-0.2, -0.15) is 10.5 Å². The van der Waals surface area contributed by atoms with Crippen LogP contribution in [0.4, 0.5) is 0 Å². The Morgan fingerprint density at radius 1 is 1.36 bits per heavy atom. The SMILES string of the molecule is CCC([SiH3])C#N.CCCC#N. The van der Waals surface area contributed by atoms with E-state index in [1.54, 1.807) is 0 Å². The summed E-state index contributed by atoms with van der Waals surface area (Å²) in [5.74, 6) is 0. The number of rotatable bonds is 2. The lowest BCUT2D eigenvalue weighted by Gasteiger charge is -1.87. The molecule has 0 bridgehead atoms. The molecule has 62 valence electrons. The van der Waals surface area contributed by atoms with E-state index in [4.69, 9.17) is 10.5 Å². The first kappa shape index (κ1) is 12.8. The monoisotopic (exact) mass is 168 g/mol. The first-order valence-electron chi connectivity index (χ1n) is 3.99. The second-order valence-corrected chi connectivity index (χ2v) is 3.74. The molecule has 0 fully saturated rings. The minimum absolute atomic E-state index is 0.380. The summed E-state index contributed by atoms with van der Waals surface area (Å²) in [6.45, 7) is 4.03. The van der Waals surface area contributed by atoms with Crippen LogP contribution in [0.25, 0.3) is 0 Å². The van der Waals surface area contributed by atoms with Crippen molar-refractivity contribution >= 4 is 10.2 Å². The number of unbranched alkanes of at least 4 members (excludes halogenated alkanes) is 1. The Balaban J connectivity index is 0. The zero-order chi connectivity index (χ0) is 9.11. The molecule has 1 atom stereocenters. The lowest BCUT2D eigenvalue weighted by molar-refractivity contribution is 0.963. The van der Waals surface area contributed by atoms with Gasteiger partial charge in [-0.25, -0.2) is 0 Å². The van der Waals surface area contributed by atoms with Crippen LogP contribution in [0.2, 0.25) is 5.54 Å². The van der Waals surface area contributed by atoms with Crippen molar-refractivity contribution in [3.05, 3.63) is 0 Å². The maximum absolute atomic E-state index is 8.12. The van der Waals surface area contributed by atoms with E-state index < -0.39 is 0 Å². The maximum atomic E-state index is 8.12. The van der Waals surface area contributed by atoms with Crippen molar-refractivity contribution in [1.82, 2.24) is 0 Å². The van der Waals surface area contributed by atoms with Crippen molar-refractivity contribution in [3.63, 3.8) is 0 Å². The quantitative estimate of drug-likeness (QED) is 0.585. The van der Waals surface area contributed by atoms with Crippen LogP contribution >= 0.6 is 0 Å². The Morgan fingerprint density at radius 2 is 1.91 bits per heavy atom. The second kappa shape index (κ2) is 11.9. The van der Waals surface area contributed by atoms with Crippen LogP contribution in [-0.2, 0) is 0 Å². The van der Waals surface area contributed by atoms with Crippen molar-refractivity contribution in [1.29, 1.82) is 10.5 Å². The van der Waals surface area contributed by atoms with E-state index in [2.05, 4.69) is 6.07 Å². The Labute approximate surface area is 72.3 Å². The molecule has 0 aliphatic carbocycles. The van der Waals surface area contributed by atoms with Crippen molar-refractivity contribution in [2.24, 2.45) is 0 Å². The first-order chi connectivity index (χ1) is 5.22. The molecule has 0 aliphatic heterocycles. The van der Waals surface area contributed by atoms with Crippen molar-refractivity contribution in [2.45, 2.75) is 38.7 Å². The van der Waals surface area contributed by atoms with Crippen LogP contribution in [0.5, 0.6) is 0 Å². The van der Waals surface area contributed by atoms with Gasteiger partial charge in [0.05, 0.1) is 12.1 Å². The summed E-state index contributed by atoms with van der Waals surface area (Å²) in [7, 11) is 1.03. The Hall–Kier alpha value is -0.803. The molecular formula is C8H16N2Si. The minimum Gasteiger partial charge on any atom is -0.198 e. The van der Waals surface area contributed by atoms with Gasteiger partial charge in [-0.15, -0.1) is 0 Å². The van der Waals surface area contributed by atoms with Crippen LogP contribution in [0.3, 0.4) is 0 Å². The van der Waals surface area contributed by atoms with E-state index in [-0.39, 0.29) is 0 Å². The highest BCUT2D eigenvalue weighted by molar-refractivity contribution is 6.13. The normalized spacial score (nSPS) is 10.2. The zero-order valence-electron chi connectivity index (χ0n) is 7.59. The Morgan fingerprint density at radius 3 is 1.91 bits per heavy atom. The van der Waals surface area contributed by atoms with Gasteiger partial charge in [-0.05, 0) is 12.8 Å². The van der Waals surface area contributed by atoms with E-state index in [0.717, 1.165) is 23.1 Å². The molecule has 0 N–H and O–H groups in total. The molecule has 0 radical (unpaired) electrons. The highest BCUT2D eigenvalue weighted by Gasteiger charge is 1.88. The third kappa shape index (κ3) is 17.6. The van der Waals surface area contributed by atoms with Gasteiger partial charge >= 0.3 is 0 Å². The summed E-state index contributed by atoms with van der Waals surface area (Å²) in [5.41, 5.74) is 0.380. The van der Waals surface area contributed by atoms with E-state index in [1.807, 2.05) is 19.9 Å². The van der Waals surface area contributed by atoms with Gasteiger partial charge < -0.3 is 0 Å². The fourth-order valence-corrected chi connectivity index (χ4v) is 0.203. The fourth-order valence-electron chi connectivity index (χ4n) is 0.203. The van der Waals surface area contributed by atoms with Crippen molar-refractivity contribution in [3.8, 4) is 12.1 Å². The number of nitriles is 2. The number of hydrogen-bond donors (Lipinski definition) is 0. The van der Waals surface area contributed by atoms with Gasteiger partial charge in [-0.3, -0.25) is 0 Å². The van der Waals surface area contributed by atoms with E-state index in [1.165, 1.54) is 0 Å². The van der Waals surface area contributed by atoms with E-state index in [0.29, 0.717) is 12.0 Å². The van der Waals surface area contributed by atoms with Gasteiger partial charge in [0.15, 0.2) is 0 Å². The third-order valence-electron chi connectivity index (χ3n) is 1.19. The molecule has 0 saturated carbocycles. The molecule has 0 aromatic heterocycles. The predicted octanol–water partition coefficient (Wildman–Crippen LogP) is 1.38. The van der Waals surface area contributed by atoms with Gasteiger partial charge in [0.2, 0.25) is 0 Å². The molecular weight excluding hydrogens is 152 g/mol. The van der Waals surface area contributed by atoms with Gasteiger partial charge in [-0.1, -0.05) is 13.8 Å². The van der Waals surface area contributed by atoms with Crippen LogP contribution in [0.15, 0.2) is 0 Å².